The zero-order valence-corrected chi connectivity index (χ0v) is 11.4. The van der Waals surface area contributed by atoms with Crippen molar-refractivity contribution < 1.29 is 0 Å². The molecule has 0 saturated heterocycles. The van der Waals surface area contributed by atoms with Crippen molar-refractivity contribution in [3.05, 3.63) is 17.3 Å². The summed E-state index contributed by atoms with van der Waals surface area (Å²) in [6.45, 7) is 4.40. The maximum atomic E-state index is 5.89. The van der Waals surface area contributed by atoms with Crippen molar-refractivity contribution in [3.8, 4) is 0 Å². The van der Waals surface area contributed by atoms with Gasteiger partial charge in [0.05, 0.1) is 10.7 Å². The molecule has 0 bridgehead atoms. The van der Waals surface area contributed by atoms with Gasteiger partial charge < -0.3 is 11.1 Å². The molecule has 4 heteroatoms. The molecule has 0 aliphatic heterocycles. The summed E-state index contributed by atoms with van der Waals surface area (Å²) in [7, 11) is 0. The highest BCUT2D eigenvalue weighted by atomic mass is 35.5. The van der Waals surface area contributed by atoms with Crippen LogP contribution in [0.3, 0.4) is 0 Å². The minimum absolute atomic E-state index is 0.455. The van der Waals surface area contributed by atoms with Gasteiger partial charge in [-0.15, -0.1) is 0 Å². The summed E-state index contributed by atoms with van der Waals surface area (Å²) in [6.07, 6.45) is 7.53. The first-order valence-corrected chi connectivity index (χ1v) is 6.72. The van der Waals surface area contributed by atoms with E-state index in [9.17, 15) is 0 Å². The zero-order chi connectivity index (χ0) is 12.7. The number of nitrogens with two attached hydrogens (primary N) is 1. The van der Waals surface area contributed by atoms with Gasteiger partial charge in [-0.2, -0.15) is 0 Å². The number of rotatable bonds is 7. The molecule has 1 rings (SSSR count). The van der Waals surface area contributed by atoms with E-state index < -0.39 is 0 Å². The van der Waals surface area contributed by atoms with E-state index in [2.05, 4.69) is 24.1 Å². The summed E-state index contributed by atoms with van der Waals surface area (Å²) < 4.78 is 0. The third-order valence-electron chi connectivity index (χ3n) is 2.77. The molecule has 0 saturated carbocycles. The lowest BCUT2D eigenvalue weighted by Crippen LogP contribution is -2.20. The molecular weight excluding hydrogens is 234 g/mol. The summed E-state index contributed by atoms with van der Waals surface area (Å²) >= 11 is 5.83. The first kappa shape index (κ1) is 14.1. The van der Waals surface area contributed by atoms with E-state index in [-0.39, 0.29) is 0 Å². The number of aromatic nitrogens is 1. The van der Waals surface area contributed by atoms with Crippen molar-refractivity contribution in [2.75, 3.05) is 11.1 Å². The second-order valence-electron chi connectivity index (χ2n) is 4.36. The predicted molar refractivity (Wildman–Crippen MR) is 75.5 cm³/mol. The fourth-order valence-electron chi connectivity index (χ4n) is 1.86. The van der Waals surface area contributed by atoms with Crippen molar-refractivity contribution in [2.24, 2.45) is 0 Å². The van der Waals surface area contributed by atoms with Crippen LogP contribution in [0.25, 0.3) is 0 Å². The fraction of sp³-hybridized carbons (Fsp3) is 0.615. The molecule has 0 fully saturated rings. The smallest absolute Gasteiger partial charge is 0.149 e. The monoisotopic (exact) mass is 255 g/mol. The van der Waals surface area contributed by atoms with Gasteiger partial charge in [0.25, 0.3) is 0 Å². The summed E-state index contributed by atoms with van der Waals surface area (Å²) in [5.74, 6) is 0.754. The van der Waals surface area contributed by atoms with Gasteiger partial charge in [-0.25, -0.2) is 4.98 Å². The topological polar surface area (TPSA) is 50.9 Å². The zero-order valence-electron chi connectivity index (χ0n) is 10.7. The van der Waals surface area contributed by atoms with E-state index in [0.717, 1.165) is 25.1 Å². The molecule has 0 spiro atoms. The van der Waals surface area contributed by atoms with Gasteiger partial charge in [-0.1, -0.05) is 44.7 Å². The number of halogens is 1. The van der Waals surface area contributed by atoms with Crippen LogP contribution in [0.5, 0.6) is 0 Å². The van der Waals surface area contributed by atoms with Gasteiger partial charge in [-0.3, -0.25) is 0 Å². The molecule has 0 aliphatic rings. The maximum Gasteiger partial charge on any atom is 0.149 e. The van der Waals surface area contributed by atoms with E-state index in [4.69, 9.17) is 17.3 Å². The van der Waals surface area contributed by atoms with Gasteiger partial charge in [0, 0.05) is 12.2 Å². The van der Waals surface area contributed by atoms with Crippen molar-refractivity contribution in [3.63, 3.8) is 0 Å². The average Bonchev–Trinajstić information content (AvgIpc) is 2.29. The molecule has 1 atom stereocenters. The number of hydrogen-bond acceptors (Lipinski definition) is 3. The van der Waals surface area contributed by atoms with Crippen LogP contribution in [0.1, 0.15) is 46.0 Å². The summed E-state index contributed by atoms with van der Waals surface area (Å²) in [6, 6.07) is 2.19. The Balaban J connectivity index is 2.64. The number of nitrogen functional groups attached to an aromatic ring is 1. The molecule has 3 N–H and O–H groups in total. The largest absolute Gasteiger partial charge is 0.396 e. The third-order valence-corrected chi connectivity index (χ3v) is 2.97. The van der Waals surface area contributed by atoms with Gasteiger partial charge in [0.1, 0.15) is 5.82 Å². The molecule has 1 heterocycles. The van der Waals surface area contributed by atoms with E-state index in [1.54, 1.807) is 12.3 Å². The van der Waals surface area contributed by atoms with Crippen LogP contribution in [0.2, 0.25) is 5.02 Å². The Morgan fingerprint density at radius 2 is 2.12 bits per heavy atom. The molecule has 0 radical (unpaired) electrons. The van der Waals surface area contributed by atoms with Crippen LogP contribution in [0.15, 0.2) is 12.3 Å². The SMILES string of the molecule is CCCCC(CCC)Nc1ncc(Cl)cc1N. The average molecular weight is 256 g/mol. The van der Waals surface area contributed by atoms with E-state index in [1.807, 2.05) is 0 Å². The first-order valence-electron chi connectivity index (χ1n) is 6.34. The molecular formula is C13H22ClN3. The Labute approximate surface area is 109 Å². The molecule has 1 unspecified atom stereocenters. The van der Waals surface area contributed by atoms with Gasteiger partial charge in [0.15, 0.2) is 0 Å². The lowest BCUT2D eigenvalue weighted by Gasteiger charge is -2.19. The van der Waals surface area contributed by atoms with Gasteiger partial charge >= 0.3 is 0 Å². The van der Waals surface area contributed by atoms with Gasteiger partial charge in [0.2, 0.25) is 0 Å². The Kier molecular flexibility index (Phi) is 6.12. The minimum atomic E-state index is 0.455. The van der Waals surface area contributed by atoms with Crippen LogP contribution in [0.4, 0.5) is 11.5 Å². The van der Waals surface area contributed by atoms with Gasteiger partial charge in [-0.05, 0) is 18.9 Å². The number of anilines is 2. The van der Waals surface area contributed by atoms with Crippen molar-refractivity contribution in [1.29, 1.82) is 0 Å². The summed E-state index contributed by atoms with van der Waals surface area (Å²) in [4.78, 5) is 4.24. The second-order valence-corrected chi connectivity index (χ2v) is 4.80. The van der Waals surface area contributed by atoms with E-state index >= 15 is 0 Å². The molecule has 0 amide bonds. The van der Waals surface area contributed by atoms with Crippen LogP contribution >= 0.6 is 11.6 Å². The molecule has 3 nitrogen and oxygen atoms in total. The summed E-state index contributed by atoms with van der Waals surface area (Å²) in [5.41, 5.74) is 6.51. The fourth-order valence-corrected chi connectivity index (χ4v) is 2.02. The van der Waals surface area contributed by atoms with E-state index in [0.29, 0.717) is 16.8 Å². The summed E-state index contributed by atoms with van der Waals surface area (Å²) in [5, 5.41) is 3.99. The number of hydrogen-bond donors (Lipinski definition) is 2. The van der Waals surface area contributed by atoms with Crippen LogP contribution in [-0.4, -0.2) is 11.0 Å². The van der Waals surface area contributed by atoms with Crippen molar-refractivity contribution in [2.45, 2.75) is 52.0 Å². The molecule has 17 heavy (non-hydrogen) atoms. The normalized spacial score (nSPS) is 12.4. The number of pyridine rings is 1. The number of unbranched alkanes of at least 4 members (excludes halogenated alkanes) is 1. The molecule has 1 aromatic rings. The number of nitrogens with one attached hydrogen (secondary N) is 1. The highest BCUT2D eigenvalue weighted by Gasteiger charge is 2.10. The predicted octanol–water partition coefficient (Wildman–Crippen LogP) is 4.09. The molecule has 96 valence electrons. The Bertz CT molecular complexity index is 341. The van der Waals surface area contributed by atoms with Crippen LogP contribution < -0.4 is 11.1 Å². The number of nitrogens with zero attached hydrogens (tertiary/aromatic N) is 1. The molecule has 0 aliphatic carbocycles. The van der Waals surface area contributed by atoms with E-state index in [1.165, 1.54) is 12.8 Å². The Hall–Kier alpha value is -0.960. The Morgan fingerprint density at radius 1 is 1.35 bits per heavy atom. The first-order chi connectivity index (χ1) is 8.17. The second kappa shape index (κ2) is 7.38. The molecule has 0 aromatic carbocycles. The van der Waals surface area contributed by atoms with Crippen LogP contribution in [0, 0.1) is 0 Å². The lowest BCUT2D eigenvalue weighted by atomic mass is 10.1. The van der Waals surface area contributed by atoms with Crippen molar-refractivity contribution >= 4 is 23.1 Å². The van der Waals surface area contributed by atoms with Crippen LogP contribution in [-0.2, 0) is 0 Å². The maximum absolute atomic E-state index is 5.89. The third kappa shape index (κ3) is 4.82. The highest BCUT2D eigenvalue weighted by Crippen LogP contribution is 2.22. The lowest BCUT2D eigenvalue weighted by molar-refractivity contribution is 0.563. The van der Waals surface area contributed by atoms with Crippen molar-refractivity contribution in [1.82, 2.24) is 4.98 Å². The minimum Gasteiger partial charge on any atom is -0.396 e. The quantitative estimate of drug-likeness (QED) is 0.772. The molecule has 1 aromatic heterocycles. The standard InChI is InChI=1S/C13H22ClN3/c1-3-5-7-11(6-4-2)17-13-12(15)8-10(14)9-16-13/h8-9,11H,3-7,15H2,1-2H3,(H,16,17). The Morgan fingerprint density at radius 3 is 2.71 bits per heavy atom. The highest BCUT2D eigenvalue weighted by molar-refractivity contribution is 6.30.